The zero-order valence-corrected chi connectivity index (χ0v) is 15.4. The van der Waals surface area contributed by atoms with Crippen LogP contribution in [-0.4, -0.2) is 17.9 Å². The maximum Gasteiger partial charge on any atom is 0.239 e. The smallest absolute Gasteiger partial charge is 0.239 e. The third kappa shape index (κ3) is 4.81. The number of amides is 2. The van der Waals surface area contributed by atoms with Crippen LogP contribution in [0, 0.1) is 5.41 Å². The summed E-state index contributed by atoms with van der Waals surface area (Å²) in [4.78, 5) is 25.0. The first-order valence-corrected chi connectivity index (χ1v) is 8.22. The molecule has 1 aromatic rings. The Morgan fingerprint density at radius 2 is 1.61 bits per heavy atom. The third-order valence-electron chi connectivity index (χ3n) is 4.11. The Bertz CT molecular complexity index is 571. The lowest BCUT2D eigenvalue weighted by Crippen LogP contribution is -2.47. The Morgan fingerprint density at radius 1 is 1.04 bits per heavy atom. The van der Waals surface area contributed by atoms with Crippen molar-refractivity contribution in [2.24, 2.45) is 5.41 Å². The second-order valence-electron chi connectivity index (χ2n) is 7.66. The summed E-state index contributed by atoms with van der Waals surface area (Å²) in [6, 6.07) is 7.77. The lowest BCUT2D eigenvalue weighted by Gasteiger charge is -2.27. The van der Waals surface area contributed by atoms with Gasteiger partial charge in [-0.3, -0.25) is 9.59 Å². The molecule has 0 fully saturated rings. The highest BCUT2D eigenvalue weighted by Gasteiger charge is 2.37. The van der Waals surface area contributed by atoms with Crippen LogP contribution >= 0.6 is 0 Å². The molecule has 0 spiro atoms. The topological polar surface area (TPSA) is 58.2 Å². The van der Waals surface area contributed by atoms with Gasteiger partial charge in [0.15, 0.2) is 0 Å². The zero-order valence-electron chi connectivity index (χ0n) is 15.4. The number of carbonyl (C=O) groups is 2. The summed E-state index contributed by atoms with van der Waals surface area (Å²) in [6.07, 6.45) is 0.830. The molecular weight excluding hydrogens is 288 g/mol. The van der Waals surface area contributed by atoms with Crippen molar-refractivity contribution < 1.29 is 9.59 Å². The highest BCUT2D eigenvalue weighted by Crippen LogP contribution is 2.30. The minimum Gasteiger partial charge on any atom is -0.353 e. The summed E-state index contributed by atoms with van der Waals surface area (Å²) in [5, 5.41) is 5.81. The minimum atomic E-state index is -1.13. The minimum absolute atomic E-state index is 0.0523. The van der Waals surface area contributed by atoms with Gasteiger partial charge in [0.1, 0.15) is 5.41 Å². The zero-order chi connectivity index (χ0) is 17.8. The van der Waals surface area contributed by atoms with E-state index >= 15 is 0 Å². The fourth-order valence-corrected chi connectivity index (χ4v) is 2.13. The SMILES string of the molecule is CCC(C)NC(=O)C(C)(C)C(=O)Nc1ccccc1C(C)(C)C. The van der Waals surface area contributed by atoms with E-state index in [9.17, 15) is 9.59 Å². The summed E-state index contributed by atoms with van der Waals surface area (Å²) in [5.74, 6) is -0.549. The van der Waals surface area contributed by atoms with Crippen molar-refractivity contribution in [3.63, 3.8) is 0 Å². The van der Waals surface area contributed by atoms with Gasteiger partial charge in [-0.25, -0.2) is 0 Å². The standard InChI is InChI=1S/C19H30N2O2/c1-8-13(2)20-16(22)19(6,7)17(23)21-15-12-10-9-11-14(15)18(3,4)5/h9-13H,8H2,1-7H3,(H,20,22)(H,21,23). The number of benzene rings is 1. The van der Waals surface area contributed by atoms with Crippen molar-refractivity contribution >= 4 is 17.5 Å². The normalized spacial score (nSPS) is 13.3. The molecule has 2 N–H and O–H groups in total. The average molecular weight is 318 g/mol. The maximum absolute atomic E-state index is 12.7. The predicted molar refractivity (Wildman–Crippen MR) is 95.4 cm³/mol. The molecule has 0 aliphatic heterocycles. The molecular formula is C19H30N2O2. The van der Waals surface area contributed by atoms with Crippen LogP contribution < -0.4 is 10.6 Å². The molecule has 0 bridgehead atoms. The van der Waals surface area contributed by atoms with Crippen molar-refractivity contribution in [3.05, 3.63) is 29.8 Å². The van der Waals surface area contributed by atoms with Crippen LogP contribution in [-0.2, 0) is 15.0 Å². The molecule has 1 rings (SSSR count). The van der Waals surface area contributed by atoms with Crippen molar-refractivity contribution in [2.45, 2.75) is 66.3 Å². The fourth-order valence-electron chi connectivity index (χ4n) is 2.13. The highest BCUT2D eigenvalue weighted by atomic mass is 16.2. The van der Waals surface area contributed by atoms with E-state index in [2.05, 4.69) is 31.4 Å². The van der Waals surface area contributed by atoms with Gasteiger partial charge in [-0.2, -0.15) is 0 Å². The second kappa shape index (κ2) is 7.16. The molecule has 1 aromatic carbocycles. The first-order valence-electron chi connectivity index (χ1n) is 8.22. The number of hydrogen-bond donors (Lipinski definition) is 2. The Morgan fingerprint density at radius 3 is 2.13 bits per heavy atom. The summed E-state index contributed by atoms with van der Waals surface area (Å²) in [7, 11) is 0. The molecule has 1 unspecified atom stereocenters. The van der Waals surface area contributed by atoms with Crippen molar-refractivity contribution in [2.75, 3.05) is 5.32 Å². The van der Waals surface area contributed by atoms with Crippen LogP contribution in [0.25, 0.3) is 0 Å². The maximum atomic E-state index is 12.7. The summed E-state index contributed by atoms with van der Waals surface area (Å²) >= 11 is 0. The quantitative estimate of drug-likeness (QED) is 0.810. The van der Waals surface area contributed by atoms with E-state index in [1.807, 2.05) is 38.1 Å². The molecule has 0 aromatic heterocycles. The van der Waals surface area contributed by atoms with Gasteiger partial charge in [0.2, 0.25) is 11.8 Å². The Labute approximate surface area is 140 Å². The Balaban J connectivity index is 2.97. The summed E-state index contributed by atoms with van der Waals surface area (Å²) in [6.45, 7) is 13.5. The molecule has 0 aliphatic carbocycles. The monoisotopic (exact) mass is 318 g/mol. The van der Waals surface area contributed by atoms with E-state index in [4.69, 9.17) is 0 Å². The molecule has 0 heterocycles. The first kappa shape index (κ1) is 19.2. The van der Waals surface area contributed by atoms with E-state index in [0.29, 0.717) is 0 Å². The Hall–Kier alpha value is -1.84. The fraction of sp³-hybridized carbons (Fsp3) is 0.579. The number of para-hydroxylation sites is 1. The lowest BCUT2D eigenvalue weighted by molar-refractivity contribution is -0.138. The second-order valence-corrected chi connectivity index (χ2v) is 7.66. The number of nitrogens with one attached hydrogen (secondary N) is 2. The lowest BCUT2D eigenvalue weighted by atomic mass is 9.85. The van der Waals surface area contributed by atoms with E-state index in [1.54, 1.807) is 13.8 Å². The number of anilines is 1. The molecule has 0 aliphatic rings. The number of rotatable bonds is 5. The summed E-state index contributed by atoms with van der Waals surface area (Å²) in [5.41, 5.74) is 0.586. The molecule has 0 saturated heterocycles. The van der Waals surface area contributed by atoms with Crippen LogP contribution in [0.5, 0.6) is 0 Å². The van der Waals surface area contributed by atoms with Crippen LogP contribution in [0.1, 0.15) is 60.5 Å². The Kier molecular flexibility index (Phi) is 5.98. The van der Waals surface area contributed by atoms with Gasteiger partial charge in [0.05, 0.1) is 0 Å². The van der Waals surface area contributed by atoms with Gasteiger partial charge in [-0.05, 0) is 44.2 Å². The van der Waals surface area contributed by atoms with Gasteiger partial charge < -0.3 is 10.6 Å². The van der Waals surface area contributed by atoms with Gasteiger partial charge in [-0.15, -0.1) is 0 Å². The van der Waals surface area contributed by atoms with Crippen molar-refractivity contribution in [3.8, 4) is 0 Å². The van der Waals surface area contributed by atoms with E-state index in [0.717, 1.165) is 17.7 Å². The molecule has 23 heavy (non-hydrogen) atoms. The third-order valence-corrected chi connectivity index (χ3v) is 4.11. The van der Waals surface area contributed by atoms with Crippen LogP contribution in [0.15, 0.2) is 24.3 Å². The summed E-state index contributed by atoms with van der Waals surface area (Å²) < 4.78 is 0. The van der Waals surface area contributed by atoms with Crippen LogP contribution in [0.4, 0.5) is 5.69 Å². The largest absolute Gasteiger partial charge is 0.353 e. The van der Waals surface area contributed by atoms with Gasteiger partial charge in [0.25, 0.3) is 0 Å². The molecule has 0 saturated carbocycles. The molecule has 4 nitrogen and oxygen atoms in total. The van der Waals surface area contributed by atoms with Crippen molar-refractivity contribution in [1.29, 1.82) is 0 Å². The van der Waals surface area contributed by atoms with Crippen LogP contribution in [0.2, 0.25) is 0 Å². The molecule has 1 atom stereocenters. The highest BCUT2D eigenvalue weighted by molar-refractivity contribution is 6.10. The number of hydrogen-bond acceptors (Lipinski definition) is 2. The van der Waals surface area contributed by atoms with E-state index in [1.165, 1.54) is 0 Å². The van der Waals surface area contributed by atoms with E-state index in [-0.39, 0.29) is 23.3 Å². The first-order chi connectivity index (χ1) is 10.5. The molecule has 4 heteroatoms. The van der Waals surface area contributed by atoms with Gasteiger partial charge in [-0.1, -0.05) is 45.9 Å². The molecule has 128 valence electrons. The van der Waals surface area contributed by atoms with E-state index < -0.39 is 5.41 Å². The van der Waals surface area contributed by atoms with Crippen LogP contribution in [0.3, 0.4) is 0 Å². The van der Waals surface area contributed by atoms with Crippen molar-refractivity contribution in [1.82, 2.24) is 5.32 Å². The molecule has 0 radical (unpaired) electrons. The van der Waals surface area contributed by atoms with Gasteiger partial charge >= 0.3 is 0 Å². The molecule has 2 amide bonds. The predicted octanol–water partition coefficient (Wildman–Crippen LogP) is 3.86. The number of carbonyl (C=O) groups excluding carboxylic acids is 2. The van der Waals surface area contributed by atoms with Gasteiger partial charge in [0, 0.05) is 11.7 Å². The average Bonchev–Trinajstić information content (AvgIpc) is 2.46.